The van der Waals surface area contributed by atoms with Crippen LogP contribution in [-0.4, -0.2) is 99.5 Å². The molecule has 0 unspecified atom stereocenters. The quantitative estimate of drug-likeness (QED) is 0.331. The highest BCUT2D eigenvalue weighted by molar-refractivity contribution is 5.73. The van der Waals surface area contributed by atoms with Gasteiger partial charge < -0.3 is 29.9 Å². The van der Waals surface area contributed by atoms with Gasteiger partial charge in [-0.3, -0.25) is 0 Å². The fourth-order valence-electron chi connectivity index (χ4n) is 2.45. The van der Waals surface area contributed by atoms with E-state index in [-0.39, 0.29) is 0 Å². The Bertz CT molecular complexity index is 742. The molecule has 0 aromatic carbocycles. The first kappa shape index (κ1) is 30.4. The van der Waals surface area contributed by atoms with Gasteiger partial charge in [0.25, 0.3) is 0 Å². The van der Waals surface area contributed by atoms with Crippen molar-refractivity contribution in [3.63, 3.8) is 0 Å². The number of rotatable bonds is 9. The normalized spacial score (nSPS) is 28.2. The van der Waals surface area contributed by atoms with Gasteiger partial charge in [0.2, 0.25) is 0 Å². The fraction of sp³-hybridized carbons (Fsp3) is 0.929. The molecule has 0 radical (unpaired) electrons. The van der Waals surface area contributed by atoms with Crippen LogP contribution in [0.1, 0.15) is 6.42 Å². The summed E-state index contributed by atoms with van der Waals surface area (Å²) < 4.78 is 177. The molecule has 0 aliphatic carbocycles. The van der Waals surface area contributed by atoms with Crippen LogP contribution in [0.4, 0.5) is 57.1 Å². The van der Waals surface area contributed by atoms with E-state index in [1.807, 2.05) is 0 Å². The van der Waals surface area contributed by atoms with Crippen molar-refractivity contribution in [1.29, 1.82) is 0 Å². The number of aliphatic carboxylic acids is 1. The molecule has 0 amide bonds. The third-order valence-electron chi connectivity index (χ3n) is 4.51. The van der Waals surface area contributed by atoms with Crippen LogP contribution < -0.4 is 0 Å². The van der Waals surface area contributed by atoms with Gasteiger partial charge in [0.1, 0.15) is 18.3 Å². The van der Waals surface area contributed by atoms with Crippen LogP contribution in [0.15, 0.2) is 0 Å². The minimum absolute atomic E-state index is 2.02. The Morgan fingerprint density at radius 1 is 0.706 bits per heavy atom. The van der Waals surface area contributed by atoms with Crippen molar-refractivity contribution in [3.05, 3.63) is 0 Å². The molecule has 34 heavy (non-hydrogen) atoms. The SMILES string of the molecule is O=C(O)[C@H]1O[C@@H](OCCC(F)(F)C(F)(F)C(F)(F)C(F)(F)C(F)(F)C(F)(F)F)[C@H](O)[C@@H](O)[C@@H]1O. The second kappa shape index (κ2) is 9.10. The molecule has 1 saturated heterocycles. The first-order valence-electron chi connectivity index (χ1n) is 8.38. The van der Waals surface area contributed by atoms with Crippen molar-refractivity contribution < 1.29 is 91.8 Å². The monoisotopic (exact) mass is 540 g/mol. The van der Waals surface area contributed by atoms with E-state index in [1.165, 1.54) is 0 Å². The number of hydrogen-bond donors (Lipinski definition) is 4. The number of ether oxygens (including phenoxy) is 2. The number of hydrogen-bond acceptors (Lipinski definition) is 6. The van der Waals surface area contributed by atoms with Crippen molar-refractivity contribution >= 4 is 5.97 Å². The van der Waals surface area contributed by atoms with Gasteiger partial charge in [-0.05, 0) is 0 Å². The van der Waals surface area contributed by atoms with Crippen LogP contribution in [0.25, 0.3) is 0 Å². The van der Waals surface area contributed by atoms with Crippen LogP contribution in [0.2, 0.25) is 0 Å². The maximum Gasteiger partial charge on any atom is 0.460 e. The molecule has 1 fully saturated rings. The smallest absolute Gasteiger partial charge is 0.460 e. The average Bonchev–Trinajstić information content (AvgIpc) is 2.66. The molecule has 7 nitrogen and oxygen atoms in total. The Kier molecular flexibility index (Phi) is 8.13. The van der Waals surface area contributed by atoms with E-state index < -0.39 is 85.5 Å². The van der Waals surface area contributed by atoms with E-state index in [2.05, 4.69) is 9.47 Å². The van der Waals surface area contributed by atoms with Gasteiger partial charge in [-0.25, -0.2) is 4.79 Å². The van der Waals surface area contributed by atoms with Gasteiger partial charge in [-0.2, -0.15) is 57.1 Å². The molecular formula is C14H13F13O7. The first-order valence-corrected chi connectivity index (χ1v) is 8.38. The largest absolute Gasteiger partial charge is 0.479 e. The summed E-state index contributed by atoms with van der Waals surface area (Å²) in [7, 11) is 0. The van der Waals surface area contributed by atoms with Crippen molar-refractivity contribution in [1.82, 2.24) is 0 Å². The molecule has 0 aromatic rings. The second-order valence-corrected chi connectivity index (χ2v) is 6.86. The zero-order chi connectivity index (χ0) is 27.3. The maximum atomic E-state index is 13.7. The number of halogens is 13. The van der Waals surface area contributed by atoms with Gasteiger partial charge in [-0.1, -0.05) is 0 Å². The van der Waals surface area contributed by atoms with Crippen LogP contribution in [0.3, 0.4) is 0 Å². The standard InChI is InChI=1S/C14H13F13O7/c15-9(16,1-2-33-8-5(30)3(28)4(29)6(34-8)7(31)32)10(17,18)11(19,20)12(21,22)13(23,24)14(25,26)27/h3-6,8,28-30H,1-2H2,(H,31,32)/t3-,4-,5+,6-,8+/m0/s1. The first-order chi connectivity index (χ1) is 14.9. The molecule has 1 rings (SSSR count). The number of carbonyl (C=O) groups is 1. The number of alkyl halides is 13. The lowest BCUT2D eigenvalue weighted by atomic mass is 9.93. The Morgan fingerprint density at radius 2 is 1.15 bits per heavy atom. The average molecular weight is 540 g/mol. The summed E-state index contributed by atoms with van der Waals surface area (Å²) in [5.74, 6) is -40.0. The van der Waals surface area contributed by atoms with Gasteiger partial charge in [-0.15, -0.1) is 0 Å². The van der Waals surface area contributed by atoms with Crippen LogP contribution in [-0.2, 0) is 14.3 Å². The lowest BCUT2D eigenvalue weighted by Gasteiger charge is -2.40. The maximum absolute atomic E-state index is 13.7. The molecule has 0 spiro atoms. The molecule has 5 atom stereocenters. The van der Waals surface area contributed by atoms with Crippen LogP contribution in [0, 0.1) is 0 Å². The van der Waals surface area contributed by atoms with Crippen LogP contribution >= 0.6 is 0 Å². The molecule has 1 aliphatic heterocycles. The van der Waals surface area contributed by atoms with E-state index >= 15 is 0 Å². The summed E-state index contributed by atoms with van der Waals surface area (Å²) in [5.41, 5.74) is 0. The number of aliphatic hydroxyl groups excluding tert-OH is 3. The number of aliphatic hydroxyl groups is 3. The molecule has 202 valence electrons. The van der Waals surface area contributed by atoms with Crippen molar-refractivity contribution in [2.45, 2.75) is 72.9 Å². The summed E-state index contributed by atoms with van der Waals surface area (Å²) in [6, 6.07) is 0. The lowest BCUT2D eigenvalue weighted by molar-refractivity contribution is -0.440. The molecular weight excluding hydrogens is 527 g/mol. The molecule has 1 heterocycles. The summed E-state index contributed by atoms with van der Waals surface area (Å²) in [4.78, 5) is 10.8. The topological polar surface area (TPSA) is 116 Å². The van der Waals surface area contributed by atoms with E-state index in [1.54, 1.807) is 0 Å². The summed E-state index contributed by atoms with van der Waals surface area (Å²) in [6.45, 7) is -2.02. The van der Waals surface area contributed by atoms with E-state index in [0.717, 1.165) is 0 Å². The zero-order valence-electron chi connectivity index (χ0n) is 15.7. The highest BCUT2D eigenvalue weighted by Crippen LogP contribution is 2.60. The Balaban J connectivity index is 3.08. The van der Waals surface area contributed by atoms with Crippen molar-refractivity contribution in [2.24, 2.45) is 0 Å². The van der Waals surface area contributed by atoms with Crippen molar-refractivity contribution in [3.8, 4) is 0 Å². The van der Waals surface area contributed by atoms with E-state index in [4.69, 9.17) is 5.11 Å². The molecule has 0 aromatic heterocycles. The van der Waals surface area contributed by atoms with Gasteiger partial charge in [0, 0.05) is 6.42 Å². The summed E-state index contributed by atoms with van der Waals surface area (Å²) >= 11 is 0. The van der Waals surface area contributed by atoms with Gasteiger partial charge >= 0.3 is 41.8 Å². The summed E-state index contributed by atoms with van der Waals surface area (Å²) in [6.07, 6.45) is -22.5. The predicted molar refractivity (Wildman–Crippen MR) is 75.7 cm³/mol. The lowest BCUT2D eigenvalue weighted by Crippen LogP contribution is -2.70. The Labute approximate surface area is 178 Å². The second-order valence-electron chi connectivity index (χ2n) is 6.86. The number of carboxylic acids is 1. The molecule has 20 heteroatoms. The highest BCUT2D eigenvalue weighted by atomic mass is 19.4. The van der Waals surface area contributed by atoms with E-state index in [0.29, 0.717) is 0 Å². The minimum atomic E-state index is -8.07. The van der Waals surface area contributed by atoms with Crippen LogP contribution in [0.5, 0.6) is 0 Å². The fourth-order valence-corrected chi connectivity index (χ4v) is 2.45. The van der Waals surface area contributed by atoms with Gasteiger partial charge in [0.05, 0.1) is 6.61 Å². The minimum Gasteiger partial charge on any atom is -0.479 e. The predicted octanol–water partition coefficient (Wildman–Crippen LogP) is 2.02. The van der Waals surface area contributed by atoms with Crippen molar-refractivity contribution in [2.75, 3.05) is 6.61 Å². The number of carboxylic acid groups (broad SMARTS) is 1. The molecule has 0 saturated carbocycles. The molecule has 1 aliphatic rings. The molecule has 4 N–H and O–H groups in total. The third-order valence-corrected chi connectivity index (χ3v) is 4.51. The Morgan fingerprint density at radius 3 is 1.56 bits per heavy atom. The third kappa shape index (κ3) is 4.73. The van der Waals surface area contributed by atoms with E-state index in [9.17, 15) is 77.2 Å². The van der Waals surface area contributed by atoms with Gasteiger partial charge in [0.15, 0.2) is 12.4 Å². The summed E-state index contributed by atoms with van der Waals surface area (Å²) in [5, 5.41) is 37.0. The molecule has 0 bridgehead atoms. The zero-order valence-corrected chi connectivity index (χ0v) is 15.7. The Hall–Kier alpha value is -1.64. The highest BCUT2D eigenvalue weighted by Gasteiger charge is 2.90.